The first-order valence-corrected chi connectivity index (χ1v) is 10.2. The van der Waals surface area contributed by atoms with E-state index in [1.54, 1.807) is 7.05 Å². The Labute approximate surface area is 181 Å². The standard InChI is InChI=1S/C20H22FN5O4S/c1-24-15-10-30-7-6-26(15)20(29)16-18(28)17(27)13(9-25-16)19(23)31-14(22)8-11-2-4-12(21)5-3-11/h2-5,9,15,22-24,28H,6-8,10H2,1H3,(H,25,27). The van der Waals surface area contributed by atoms with E-state index in [1.165, 1.54) is 35.4 Å². The largest absolute Gasteiger partial charge is 0.503 e. The van der Waals surface area contributed by atoms with Crippen molar-refractivity contribution >= 4 is 27.8 Å². The molecule has 11 heteroatoms. The van der Waals surface area contributed by atoms with E-state index in [-0.39, 0.29) is 40.2 Å². The molecule has 1 unspecified atom stereocenters. The second-order valence-corrected chi connectivity index (χ2v) is 7.90. The summed E-state index contributed by atoms with van der Waals surface area (Å²) in [5.41, 5.74) is -0.609. The van der Waals surface area contributed by atoms with E-state index < -0.39 is 23.3 Å². The minimum atomic E-state index is -0.872. The summed E-state index contributed by atoms with van der Waals surface area (Å²) in [6.07, 6.45) is 0.950. The van der Waals surface area contributed by atoms with E-state index in [1.807, 2.05) is 0 Å². The van der Waals surface area contributed by atoms with Crippen molar-refractivity contribution in [1.82, 2.24) is 15.2 Å². The SMILES string of the molecule is CNC1COCCN1C(=O)c1[nH]cc(C(=N)SC(=N)Cc2ccc(F)cc2)c(=O)c1O. The Morgan fingerprint density at radius 1 is 1.39 bits per heavy atom. The molecule has 0 bridgehead atoms. The molecule has 2 aromatic rings. The zero-order chi connectivity index (χ0) is 22.5. The highest BCUT2D eigenvalue weighted by Gasteiger charge is 2.30. The summed E-state index contributed by atoms with van der Waals surface area (Å²) in [6.45, 7) is 0.910. The molecule has 1 atom stereocenters. The number of ether oxygens (including phenoxy) is 1. The van der Waals surface area contributed by atoms with Gasteiger partial charge in [0.15, 0.2) is 11.4 Å². The highest BCUT2D eigenvalue weighted by atomic mass is 32.2. The van der Waals surface area contributed by atoms with Gasteiger partial charge >= 0.3 is 0 Å². The van der Waals surface area contributed by atoms with Gasteiger partial charge in [0.1, 0.15) is 17.0 Å². The number of morpholine rings is 1. The molecule has 0 spiro atoms. The average Bonchev–Trinajstić information content (AvgIpc) is 2.76. The molecule has 1 aliphatic heterocycles. The molecule has 1 aromatic heterocycles. The quantitative estimate of drug-likeness (QED) is 0.347. The van der Waals surface area contributed by atoms with Crippen molar-refractivity contribution in [3.63, 3.8) is 0 Å². The minimum absolute atomic E-state index is 0.0702. The van der Waals surface area contributed by atoms with Gasteiger partial charge in [-0.25, -0.2) is 4.39 Å². The molecule has 1 amide bonds. The van der Waals surface area contributed by atoms with Crippen LogP contribution in [0.25, 0.3) is 0 Å². The second-order valence-electron chi connectivity index (χ2n) is 6.79. The molecule has 0 saturated carbocycles. The van der Waals surface area contributed by atoms with Crippen LogP contribution >= 0.6 is 11.8 Å². The van der Waals surface area contributed by atoms with Crippen LogP contribution in [0.4, 0.5) is 4.39 Å². The lowest BCUT2D eigenvalue weighted by atomic mass is 10.2. The van der Waals surface area contributed by atoms with Crippen molar-refractivity contribution < 1.29 is 19.0 Å². The van der Waals surface area contributed by atoms with Crippen LogP contribution in [-0.2, 0) is 11.2 Å². The first-order chi connectivity index (χ1) is 14.8. The number of pyridine rings is 1. The maximum atomic E-state index is 13.0. The predicted octanol–water partition coefficient (Wildman–Crippen LogP) is 1.52. The molecular weight excluding hydrogens is 425 g/mol. The molecule has 0 radical (unpaired) electrons. The van der Waals surface area contributed by atoms with Crippen molar-refractivity contribution in [2.45, 2.75) is 12.6 Å². The summed E-state index contributed by atoms with van der Waals surface area (Å²) in [7, 11) is 1.67. The van der Waals surface area contributed by atoms with Crippen LogP contribution in [0.1, 0.15) is 21.6 Å². The molecule has 1 saturated heterocycles. The maximum absolute atomic E-state index is 13.0. The van der Waals surface area contributed by atoms with Crippen molar-refractivity contribution in [3.05, 3.63) is 63.3 Å². The van der Waals surface area contributed by atoms with Gasteiger partial charge in [-0.1, -0.05) is 23.9 Å². The van der Waals surface area contributed by atoms with Gasteiger partial charge in [-0.2, -0.15) is 0 Å². The zero-order valence-corrected chi connectivity index (χ0v) is 17.5. The highest BCUT2D eigenvalue weighted by molar-refractivity contribution is 8.26. The van der Waals surface area contributed by atoms with Gasteiger partial charge in [-0.3, -0.25) is 25.7 Å². The highest BCUT2D eigenvalue weighted by Crippen LogP contribution is 2.19. The van der Waals surface area contributed by atoms with Crippen LogP contribution in [0.2, 0.25) is 0 Å². The number of carbonyl (C=O) groups is 1. The number of thioether (sulfide) groups is 1. The van der Waals surface area contributed by atoms with E-state index in [0.29, 0.717) is 18.7 Å². The van der Waals surface area contributed by atoms with Crippen LogP contribution in [0.5, 0.6) is 5.75 Å². The molecule has 1 fully saturated rings. The summed E-state index contributed by atoms with van der Waals surface area (Å²) in [5.74, 6) is -1.73. The van der Waals surface area contributed by atoms with Gasteiger partial charge in [-0.15, -0.1) is 0 Å². The summed E-state index contributed by atoms with van der Waals surface area (Å²) in [5, 5.41) is 29.3. The third-order valence-electron chi connectivity index (χ3n) is 4.74. The summed E-state index contributed by atoms with van der Waals surface area (Å²) >= 11 is 0.741. The Balaban J connectivity index is 1.74. The van der Waals surface area contributed by atoms with Crippen molar-refractivity contribution in [2.24, 2.45) is 0 Å². The number of nitrogens with zero attached hydrogens (tertiary/aromatic N) is 1. The lowest BCUT2D eigenvalue weighted by molar-refractivity contribution is -0.0102. The number of halogens is 1. The molecule has 164 valence electrons. The predicted molar refractivity (Wildman–Crippen MR) is 116 cm³/mol. The lowest BCUT2D eigenvalue weighted by Crippen LogP contribution is -2.54. The van der Waals surface area contributed by atoms with Crippen LogP contribution in [0, 0.1) is 16.6 Å². The van der Waals surface area contributed by atoms with Gasteiger partial charge in [0.2, 0.25) is 5.43 Å². The molecule has 1 aliphatic rings. The number of aromatic nitrogens is 1. The number of hydrogen-bond acceptors (Lipinski definition) is 8. The number of carbonyl (C=O) groups excluding carboxylic acids is 1. The van der Waals surface area contributed by atoms with Gasteiger partial charge in [0.05, 0.1) is 23.8 Å². The molecule has 5 N–H and O–H groups in total. The van der Waals surface area contributed by atoms with Crippen molar-refractivity contribution in [3.8, 4) is 5.75 Å². The summed E-state index contributed by atoms with van der Waals surface area (Å²) in [4.78, 5) is 29.5. The van der Waals surface area contributed by atoms with E-state index in [2.05, 4.69) is 10.3 Å². The normalized spacial score (nSPS) is 16.2. The van der Waals surface area contributed by atoms with Gasteiger partial charge in [0, 0.05) is 19.2 Å². The fraction of sp³-hybridized carbons (Fsp3) is 0.300. The Hall–Kier alpha value is -3.02. The summed E-state index contributed by atoms with van der Waals surface area (Å²) in [6, 6.07) is 5.64. The van der Waals surface area contributed by atoms with Gasteiger partial charge in [0.25, 0.3) is 5.91 Å². The third-order valence-corrected chi connectivity index (χ3v) is 5.56. The number of aromatic hydroxyl groups is 1. The molecule has 1 aromatic carbocycles. The van der Waals surface area contributed by atoms with E-state index in [0.717, 1.165) is 11.8 Å². The summed E-state index contributed by atoms with van der Waals surface area (Å²) < 4.78 is 18.3. The van der Waals surface area contributed by atoms with E-state index in [4.69, 9.17) is 15.6 Å². The number of H-pyrrole nitrogens is 1. The topological polar surface area (TPSA) is 142 Å². The van der Waals surface area contributed by atoms with Crippen molar-refractivity contribution in [2.75, 3.05) is 26.8 Å². The van der Waals surface area contributed by atoms with Crippen LogP contribution in [0.3, 0.4) is 0 Å². The Bertz CT molecular complexity index is 1060. The van der Waals surface area contributed by atoms with Crippen LogP contribution in [0.15, 0.2) is 35.3 Å². The average molecular weight is 447 g/mol. The van der Waals surface area contributed by atoms with Gasteiger partial charge in [-0.05, 0) is 24.7 Å². The monoisotopic (exact) mass is 447 g/mol. The van der Waals surface area contributed by atoms with E-state index in [9.17, 15) is 19.1 Å². The molecule has 9 nitrogen and oxygen atoms in total. The Kier molecular flexibility index (Phi) is 7.21. The van der Waals surface area contributed by atoms with Gasteiger partial charge < -0.3 is 19.7 Å². The number of nitrogens with one attached hydrogen (secondary N) is 4. The number of amides is 1. The Morgan fingerprint density at radius 2 is 2.10 bits per heavy atom. The Morgan fingerprint density at radius 3 is 2.77 bits per heavy atom. The number of rotatable bonds is 5. The molecule has 31 heavy (non-hydrogen) atoms. The number of likely N-dealkylation sites (N-methyl/N-ethyl adjacent to an activating group) is 1. The first-order valence-electron chi connectivity index (χ1n) is 9.41. The fourth-order valence-electron chi connectivity index (χ4n) is 3.08. The smallest absolute Gasteiger partial charge is 0.275 e. The number of aromatic amines is 1. The van der Waals surface area contributed by atoms with Crippen LogP contribution in [-0.4, -0.2) is 64.0 Å². The van der Waals surface area contributed by atoms with Crippen LogP contribution < -0.4 is 10.7 Å². The third kappa shape index (κ3) is 5.19. The minimum Gasteiger partial charge on any atom is -0.503 e. The first kappa shape index (κ1) is 22.7. The maximum Gasteiger partial charge on any atom is 0.275 e. The molecule has 2 heterocycles. The molecule has 0 aliphatic carbocycles. The second kappa shape index (κ2) is 9.86. The molecular formula is C20H22FN5O4S. The molecule has 3 rings (SSSR count). The number of benzene rings is 1. The zero-order valence-electron chi connectivity index (χ0n) is 16.7. The lowest BCUT2D eigenvalue weighted by Gasteiger charge is -2.35. The van der Waals surface area contributed by atoms with E-state index >= 15 is 0 Å². The fourth-order valence-corrected chi connectivity index (χ4v) is 3.83. The number of hydrogen-bond donors (Lipinski definition) is 5. The van der Waals surface area contributed by atoms with Crippen molar-refractivity contribution in [1.29, 1.82) is 10.8 Å².